The Bertz CT molecular complexity index is 318. The summed E-state index contributed by atoms with van der Waals surface area (Å²) in [5, 5.41) is 6.46. The number of likely N-dealkylation sites (N-methyl/N-ethyl adjacent to an activating group) is 1. The maximum Gasteiger partial charge on any atom is 0.410 e. The standard InChI is InChI=1S/C13H25N3O3/c1-5-14-10-13(15-18)6-8-16(9-7-13)11(17)19-12(2,3)4/h14H,5-10H2,1-4H3. The highest BCUT2D eigenvalue weighted by Crippen LogP contribution is 2.26. The lowest BCUT2D eigenvalue weighted by molar-refractivity contribution is 0.0169. The summed E-state index contributed by atoms with van der Waals surface area (Å²) in [6.45, 7) is 9.96. The molecule has 0 aromatic rings. The molecule has 1 fully saturated rings. The molecule has 1 amide bonds. The lowest BCUT2D eigenvalue weighted by atomic mass is 9.88. The molecule has 1 heterocycles. The van der Waals surface area contributed by atoms with E-state index < -0.39 is 11.1 Å². The first-order valence-electron chi connectivity index (χ1n) is 6.85. The van der Waals surface area contributed by atoms with Gasteiger partial charge in [0.05, 0.1) is 0 Å². The first kappa shape index (κ1) is 15.9. The van der Waals surface area contributed by atoms with Crippen molar-refractivity contribution in [2.24, 2.45) is 5.18 Å². The second-order valence-electron chi connectivity index (χ2n) is 6.06. The number of nitrogens with zero attached hydrogens (tertiary/aromatic N) is 2. The van der Waals surface area contributed by atoms with Crippen molar-refractivity contribution < 1.29 is 9.53 Å². The number of piperidine rings is 1. The molecule has 6 nitrogen and oxygen atoms in total. The molecule has 0 saturated carbocycles. The quantitative estimate of drug-likeness (QED) is 0.795. The van der Waals surface area contributed by atoms with Crippen molar-refractivity contribution in [3.8, 4) is 0 Å². The molecule has 19 heavy (non-hydrogen) atoms. The minimum atomic E-state index is -0.575. The van der Waals surface area contributed by atoms with Gasteiger partial charge in [0.15, 0.2) is 0 Å². The molecule has 1 rings (SSSR count). The third-order valence-corrected chi connectivity index (χ3v) is 3.24. The number of ether oxygens (including phenoxy) is 1. The van der Waals surface area contributed by atoms with Crippen LogP contribution >= 0.6 is 0 Å². The SMILES string of the molecule is CCNCC1(N=O)CCN(C(=O)OC(C)(C)C)CC1. The highest BCUT2D eigenvalue weighted by molar-refractivity contribution is 5.68. The van der Waals surface area contributed by atoms with E-state index in [9.17, 15) is 9.70 Å². The van der Waals surface area contributed by atoms with E-state index in [4.69, 9.17) is 4.74 Å². The van der Waals surface area contributed by atoms with E-state index in [2.05, 4.69) is 10.5 Å². The highest BCUT2D eigenvalue weighted by Gasteiger charge is 2.38. The molecule has 0 aliphatic carbocycles. The summed E-state index contributed by atoms with van der Waals surface area (Å²) in [7, 11) is 0. The van der Waals surface area contributed by atoms with E-state index in [0.717, 1.165) is 6.54 Å². The van der Waals surface area contributed by atoms with Crippen LogP contribution in [0.1, 0.15) is 40.5 Å². The summed E-state index contributed by atoms with van der Waals surface area (Å²) in [5.41, 5.74) is -1.06. The summed E-state index contributed by atoms with van der Waals surface area (Å²) in [6.07, 6.45) is 0.862. The van der Waals surface area contributed by atoms with Gasteiger partial charge in [0.25, 0.3) is 0 Å². The van der Waals surface area contributed by atoms with Crippen LogP contribution in [0.25, 0.3) is 0 Å². The van der Waals surface area contributed by atoms with Crippen molar-refractivity contribution in [1.82, 2.24) is 10.2 Å². The predicted octanol–water partition coefficient (Wildman–Crippen LogP) is 2.13. The van der Waals surface area contributed by atoms with E-state index in [0.29, 0.717) is 32.5 Å². The van der Waals surface area contributed by atoms with Crippen LogP contribution in [-0.2, 0) is 4.74 Å². The molecule has 0 aromatic heterocycles. The fourth-order valence-electron chi connectivity index (χ4n) is 2.09. The zero-order valence-electron chi connectivity index (χ0n) is 12.4. The van der Waals surface area contributed by atoms with Crippen LogP contribution in [0, 0.1) is 4.91 Å². The molecule has 6 heteroatoms. The monoisotopic (exact) mass is 271 g/mol. The molecule has 0 atom stereocenters. The molecular weight excluding hydrogens is 246 g/mol. The van der Waals surface area contributed by atoms with Gasteiger partial charge in [-0.1, -0.05) is 12.1 Å². The van der Waals surface area contributed by atoms with Gasteiger partial charge in [0, 0.05) is 19.6 Å². The number of nitroso groups, excluding NO2 is 1. The van der Waals surface area contributed by atoms with Crippen LogP contribution in [0.15, 0.2) is 5.18 Å². The third-order valence-electron chi connectivity index (χ3n) is 3.24. The smallest absolute Gasteiger partial charge is 0.410 e. The van der Waals surface area contributed by atoms with Gasteiger partial charge in [-0.05, 0) is 40.2 Å². The van der Waals surface area contributed by atoms with Crippen LogP contribution in [0.3, 0.4) is 0 Å². The molecule has 0 aromatic carbocycles. The van der Waals surface area contributed by atoms with E-state index in [1.807, 2.05) is 27.7 Å². The highest BCUT2D eigenvalue weighted by atomic mass is 16.6. The van der Waals surface area contributed by atoms with Gasteiger partial charge < -0.3 is 15.0 Å². The number of rotatable bonds is 4. The maximum atomic E-state index is 11.9. The Hall–Kier alpha value is -1.17. The summed E-state index contributed by atoms with van der Waals surface area (Å²) in [5.74, 6) is 0. The second kappa shape index (κ2) is 6.32. The number of hydrogen-bond acceptors (Lipinski definition) is 5. The third kappa shape index (κ3) is 4.78. The largest absolute Gasteiger partial charge is 0.444 e. The Morgan fingerprint density at radius 2 is 1.95 bits per heavy atom. The predicted molar refractivity (Wildman–Crippen MR) is 74.1 cm³/mol. The van der Waals surface area contributed by atoms with E-state index in [1.54, 1.807) is 4.90 Å². The Morgan fingerprint density at radius 1 is 1.37 bits per heavy atom. The topological polar surface area (TPSA) is 71.0 Å². The number of amides is 1. The number of carbonyl (C=O) groups excluding carboxylic acids is 1. The molecule has 0 radical (unpaired) electrons. The Balaban J connectivity index is 2.51. The van der Waals surface area contributed by atoms with Gasteiger partial charge in [0.1, 0.15) is 11.1 Å². The second-order valence-corrected chi connectivity index (χ2v) is 6.06. The molecule has 0 spiro atoms. The number of hydrogen-bond donors (Lipinski definition) is 1. The van der Waals surface area contributed by atoms with Gasteiger partial charge in [-0.15, -0.1) is 0 Å². The van der Waals surface area contributed by atoms with Crippen molar-refractivity contribution in [2.75, 3.05) is 26.2 Å². The van der Waals surface area contributed by atoms with E-state index in [-0.39, 0.29) is 6.09 Å². The van der Waals surface area contributed by atoms with E-state index in [1.165, 1.54) is 0 Å². The first-order valence-corrected chi connectivity index (χ1v) is 6.85. The zero-order chi connectivity index (χ0) is 14.5. The fraction of sp³-hybridized carbons (Fsp3) is 0.923. The normalized spacial score (nSPS) is 19.1. The van der Waals surface area contributed by atoms with E-state index >= 15 is 0 Å². The minimum Gasteiger partial charge on any atom is -0.444 e. The average Bonchev–Trinajstić information content (AvgIpc) is 2.35. The Labute approximate surface area is 114 Å². The van der Waals surface area contributed by atoms with Gasteiger partial charge in [-0.2, -0.15) is 4.91 Å². The number of likely N-dealkylation sites (tertiary alicyclic amines) is 1. The molecule has 1 aliphatic heterocycles. The van der Waals surface area contributed by atoms with Crippen LogP contribution in [0.2, 0.25) is 0 Å². The minimum absolute atomic E-state index is 0.310. The van der Waals surface area contributed by atoms with Crippen molar-refractivity contribution in [3.05, 3.63) is 4.91 Å². The maximum absolute atomic E-state index is 11.9. The summed E-state index contributed by atoms with van der Waals surface area (Å²) >= 11 is 0. The van der Waals surface area contributed by atoms with Gasteiger partial charge >= 0.3 is 6.09 Å². The Kier molecular flexibility index (Phi) is 5.29. The number of carbonyl (C=O) groups is 1. The fourth-order valence-corrected chi connectivity index (χ4v) is 2.09. The summed E-state index contributed by atoms with van der Waals surface area (Å²) in [6, 6.07) is 0. The van der Waals surface area contributed by atoms with Crippen molar-refractivity contribution in [2.45, 2.75) is 51.7 Å². The summed E-state index contributed by atoms with van der Waals surface area (Å²) < 4.78 is 5.32. The van der Waals surface area contributed by atoms with Crippen molar-refractivity contribution in [1.29, 1.82) is 0 Å². The van der Waals surface area contributed by atoms with Crippen molar-refractivity contribution in [3.63, 3.8) is 0 Å². The number of nitrogens with one attached hydrogen (secondary N) is 1. The van der Waals surface area contributed by atoms with Crippen LogP contribution in [0.4, 0.5) is 4.79 Å². The Morgan fingerprint density at radius 3 is 2.37 bits per heavy atom. The lowest BCUT2D eigenvalue weighted by Crippen LogP contribution is -2.51. The first-order chi connectivity index (χ1) is 8.82. The van der Waals surface area contributed by atoms with Crippen molar-refractivity contribution >= 4 is 6.09 Å². The molecular formula is C13H25N3O3. The molecule has 1 aliphatic rings. The van der Waals surface area contributed by atoms with Crippen LogP contribution in [-0.4, -0.2) is 48.3 Å². The van der Waals surface area contributed by atoms with Crippen LogP contribution < -0.4 is 5.32 Å². The molecule has 1 saturated heterocycles. The molecule has 1 N–H and O–H groups in total. The average molecular weight is 271 g/mol. The zero-order valence-corrected chi connectivity index (χ0v) is 12.4. The van der Waals surface area contributed by atoms with Gasteiger partial charge in [0.2, 0.25) is 0 Å². The lowest BCUT2D eigenvalue weighted by Gasteiger charge is -2.37. The van der Waals surface area contributed by atoms with Gasteiger partial charge in [-0.25, -0.2) is 4.79 Å². The molecule has 0 unspecified atom stereocenters. The van der Waals surface area contributed by atoms with Gasteiger partial charge in [-0.3, -0.25) is 0 Å². The molecule has 0 bridgehead atoms. The van der Waals surface area contributed by atoms with Crippen LogP contribution in [0.5, 0.6) is 0 Å². The molecule has 110 valence electrons. The summed E-state index contributed by atoms with van der Waals surface area (Å²) in [4.78, 5) is 24.6.